The van der Waals surface area contributed by atoms with E-state index in [9.17, 15) is 14.7 Å². The minimum Gasteiger partial charge on any atom is -0.480 e. The lowest BCUT2D eigenvalue weighted by molar-refractivity contribution is -0.147. The van der Waals surface area contributed by atoms with Gasteiger partial charge in [-0.05, 0) is 26.2 Å². The van der Waals surface area contributed by atoms with Gasteiger partial charge >= 0.3 is 5.97 Å². The van der Waals surface area contributed by atoms with E-state index in [1.807, 2.05) is 43.3 Å². The number of hydrogen-bond donors (Lipinski definition) is 1. The fourth-order valence-corrected chi connectivity index (χ4v) is 2.70. The van der Waals surface area contributed by atoms with Gasteiger partial charge in [0.2, 0.25) is 0 Å². The molecule has 3 aromatic rings. The summed E-state index contributed by atoms with van der Waals surface area (Å²) in [5.74, 6) is -1.34. The van der Waals surface area contributed by atoms with Crippen molar-refractivity contribution >= 4 is 33.6 Å². The van der Waals surface area contributed by atoms with Crippen molar-refractivity contribution in [2.45, 2.75) is 26.3 Å². The highest BCUT2D eigenvalue weighted by Gasteiger charge is 2.37. The van der Waals surface area contributed by atoms with Gasteiger partial charge in [0.05, 0.1) is 0 Å². The van der Waals surface area contributed by atoms with Gasteiger partial charge in [0.1, 0.15) is 11.1 Å². The topological polar surface area (TPSA) is 70.8 Å². The van der Waals surface area contributed by atoms with Crippen LogP contribution in [0.5, 0.6) is 0 Å². The van der Waals surface area contributed by atoms with Crippen LogP contribution in [-0.2, 0) is 4.79 Å². The molecule has 0 fully saturated rings. The number of carbonyl (C=O) groups is 2. The fourth-order valence-electron chi connectivity index (χ4n) is 2.70. The number of rotatable bonds is 3. The minimum absolute atomic E-state index is 0.179. The summed E-state index contributed by atoms with van der Waals surface area (Å²) in [6.45, 7) is 4.79. The van der Waals surface area contributed by atoms with Gasteiger partial charge in [-0.1, -0.05) is 36.4 Å². The van der Waals surface area contributed by atoms with Crippen molar-refractivity contribution in [2.75, 3.05) is 7.05 Å². The van der Waals surface area contributed by atoms with Crippen LogP contribution >= 0.6 is 0 Å². The number of aliphatic carboxylic acids is 1. The smallest absolute Gasteiger partial charge is 0.329 e. The monoisotopic (exact) mass is 325 g/mol. The molecule has 0 aliphatic rings. The molecule has 1 N–H and O–H groups in total. The Kier molecular flexibility index (Phi) is 3.59. The van der Waals surface area contributed by atoms with Crippen LogP contribution in [0.2, 0.25) is 0 Å². The van der Waals surface area contributed by atoms with Crippen LogP contribution < -0.4 is 0 Å². The predicted octanol–water partition coefficient (Wildman–Crippen LogP) is 3.83. The van der Waals surface area contributed by atoms with E-state index >= 15 is 0 Å². The summed E-state index contributed by atoms with van der Waals surface area (Å²) in [5, 5.41) is 12.1. The Morgan fingerprint density at radius 1 is 1.08 bits per heavy atom. The number of benzene rings is 2. The fraction of sp³-hybridized carbons (Fsp3) is 0.263. The molecule has 0 bridgehead atoms. The lowest BCUT2D eigenvalue weighted by Crippen LogP contribution is -2.50. The van der Waals surface area contributed by atoms with E-state index in [1.54, 1.807) is 0 Å². The lowest BCUT2D eigenvalue weighted by Gasteiger charge is -2.30. The molecule has 5 nitrogen and oxygen atoms in total. The second-order valence-electron chi connectivity index (χ2n) is 6.45. The molecule has 1 aromatic heterocycles. The maximum atomic E-state index is 12.8. The van der Waals surface area contributed by atoms with Gasteiger partial charge < -0.3 is 14.4 Å². The van der Waals surface area contributed by atoms with Crippen LogP contribution in [0, 0.1) is 6.92 Å². The van der Waals surface area contributed by atoms with E-state index in [2.05, 4.69) is 0 Å². The predicted molar refractivity (Wildman–Crippen MR) is 92.3 cm³/mol. The second-order valence-corrected chi connectivity index (χ2v) is 6.45. The highest BCUT2D eigenvalue weighted by atomic mass is 16.4. The summed E-state index contributed by atoms with van der Waals surface area (Å²) >= 11 is 0. The summed E-state index contributed by atoms with van der Waals surface area (Å²) in [5.41, 5.74) is 0.0363. The molecule has 0 atom stereocenters. The average Bonchev–Trinajstić information content (AvgIpc) is 2.90. The Hall–Kier alpha value is -2.82. The quantitative estimate of drug-likeness (QED) is 0.794. The molecule has 1 heterocycles. The number of furan rings is 1. The first kappa shape index (κ1) is 16.1. The summed E-state index contributed by atoms with van der Waals surface area (Å²) < 4.78 is 5.89. The molecule has 0 aliphatic carbocycles. The van der Waals surface area contributed by atoms with Crippen molar-refractivity contribution in [3.63, 3.8) is 0 Å². The number of carbonyl (C=O) groups excluding carboxylic acids is 1. The zero-order valence-corrected chi connectivity index (χ0v) is 14.1. The average molecular weight is 325 g/mol. The van der Waals surface area contributed by atoms with Gasteiger partial charge in [0.25, 0.3) is 5.91 Å². The molecule has 0 spiro atoms. The number of carboxylic acids is 1. The SMILES string of the molecule is Cc1c(C(=O)N(C)C(C)(C)C(=O)O)oc2c1ccc1ccccc12. The third kappa shape index (κ3) is 2.24. The van der Waals surface area contributed by atoms with Crippen molar-refractivity contribution in [2.24, 2.45) is 0 Å². The van der Waals surface area contributed by atoms with Crippen molar-refractivity contribution in [1.29, 1.82) is 0 Å². The van der Waals surface area contributed by atoms with Gasteiger partial charge in [-0.25, -0.2) is 4.79 Å². The van der Waals surface area contributed by atoms with Gasteiger partial charge in [0.15, 0.2) is 5.76 Å². The van der Waals surface area contributed by atoms with Crippen LogP contribution in [0.15, 0.2) is 40.8 Å². The third-order valence-electron chi connectivity index (χ3n) is 4.69. The molecule has 3 rings (SSSR count). The Morgan fingerprint density at radius 2 is 1.75 bits per heavy atom. The van der Waals surface area contributed by atoms with E-state index in [-0.39, 0.29) is 5.76 Å². The number of nitrogens with zero attached hydrogens (tertiary/aromatic N) is 1. The van der Waals surface area contributed by atoms with E-state index in [1.165, 1.54) is 25.8 Å². The largest absolute Gasteiger partial charge is 0.480 e. The van der Waals surface area contributed by atoms with E-state index in [0.29, 0.717) is 11.1 Å². The van der Waals surface area contributed by atoms with Crippen molar-refractivity contribution in [3.8, 4) is 0 Å². The van der Waals surface area contributed by atoms with Crippen LogP contribution in [0.4, 0.5) is 0 Å². The summed E-state index contributed by atoms with van der Waals surface area (Å²) in [6, 6.07) is 11.7. The second kappa shape index (κ2) is 5.37. The molecule has 0 aliphatic heterocycles. The van der Waals surface area contributed by atoms with E-state index in [4.69, 9.17) is 4.42 Å². The molecule has 2 aromatic carbocycles. The molecular formula is C19H19NO4. The van der Waals surface area contributed by atoms with E-state index < -0.39 is 17.4 Å². The minimum atomic E-state index is -1.33. The summed E-state index contributed by atoms with van der Waals surface area (Å²) in [6.07, 6.45) is 0. The van der Waals surface area contributed by atoms with Crippen LogP contribution in [0.3, 0.4) is 0 Å². The van der Waals surface area contributed by atoms with Crippen LogP contribution in [0.25, 0.3) is 21.7 Å². The van der Waals surface area contributed by atoms with Crippen LogP contribution in [-0.4, -0.2) is 34.5 Å². The maximum Gasteiger partial charge on any atom is 0.329 e. The Bertz CT molecular complexity index is 968. The first-order valence-corrected chi connectivity index (χ1v) is 7.67. The lowest BCUT2D eigenvalue weighted by atomic mass is 10.0. The molecular weight excluding hydrogens is 306 g/mol. The number of amides is 1. The first-order chi connectivity index (χ1) is 11.2. The molecule has 5 heteroatoms. The molecule has 0 unspecified atom stereocenters. The van der Waals surface area contributed by atoms with Crippen LogP contribution in [0.1, 0.15) is 30.0 Å². The first-order valence-electron chi connectivity index (χ1n) is 7.67. The van der Waals surface area contributed by atoms with Crippen molar-refractivity contribution in [3.05, 3.63) is 47.7 Å². The van der Waals surface area contributed by atoms with Crippen molar-refractivity contribution in [1.82, 2.24) is 4.90 Å². The third-order valence-corrected chi connectivity index (χ3v) is 4.69. The number of fused-ring (bicyclic) bond motifs is 3. The Morgan fingerprint density at radius 3 is 2.42 bits per heavy atom. The van der Waals surface area contributed by atoms with Crippen molar-refractivity contribution < 1.29 is 19.1 Å². The Balaban J connectivity index is 2.17. The number of carboxylic acid groups (broad SMARTS) is 1. The number of hydrogen-bond acceptors (Lipinski definition) is 3. The zero-order chi connectivity index (χ0) is 17.6. The standard InChI is InChI=1S/C19H19NO4/c1-11-13-10-9-12-7-5-6-8-14(12)16(13)24-15(11)17(21)20(4)19(2,3)18(22)23/h5-10H,1-4H3,(H,22,23). The molecule has 0 saturated heterocycles. The Labute approximate surface area is 139 Å². The van der Waals surface area contributed by atoms with Gasteiger partial charge in [0, 0.05) is 23.4 Å². The maximum absolute atomic E-state index is 12.8. The summed E-state index contributed by atoms with van der Waals surface area (Å²) in [4.78, 5) is 25.4. The number of likely N-dealkylation sites (N-methyl/N-ethyl adjacent to an activating group) is 1. The van der Waals surface area contributed by atoms with Gasteiger partial charge in [-0.15, -0.1) is 0 Å². The number of aryl methyl sites for hydroxylation is 1. The molecule has 124 valence electrons. The van der Waals surface area contributed by atoms with Gasteiger partial charge in [-0.2, -0.15) is 0 Å². The molecule has 1 amide bonds. The highest BCUT2D eigenvalue weighted by Crippen LogP contribution is 2.32. The molecule has 24 heavy (non-hydrogen) atoms. The zero-order valence-electron chi connectivity index (χ0n) is 14.1. The highest BCUT2D eigenvalue weighted by molar-refractivity contribution is 6.09. The molecule has 0 radical (unpaired) electrons. The van der Waals surface area contributed by atoms with Gasteiger partial charge in [-0.3, -0.25) is 4.79 Å². The van der Waals surface area contributed by atoms with E-state index in [0.717, 1.165) is 16.2 Å². The molecule has 0 saturated carbocycles. The summed E-state index contributed by atoms with van der Waals surface area (Å²) in [7, 11) is 1.47. The normalized spacial score (nSPS) is 11.8.